The smallest absolute Gasteiger partial charge is 0.354 e. The lowest BCUT2D eigenvalue weighted by molar-refractivity contribution is -0.143. The number of aromatic nitrogens is 4. The third-order valence-corrected chi connectivity index (χ3v) is 5.26. The van der Waals surface area contributed by atoms with Gasteiger partial charge in [0.15, 0.2) is 5.82 Å². The average Bonchev–Trinajstić information content (AvgIpc) is 3.40. The van der Waals surface area contributed by atoms with Crippen LogP contribution in [0.1, 0.15) is 49.9 Å². The van der Waals surface area contributed by atoms with Crippen molar-refractivity contribution in [3.63, 3.8) is 0 Å². The molecule has 3 aromatic rings. The van der Waals surface area contributed by atoms with Gasteiger partial charge in [0, 0.05) is 12.6 Å². The first-order valence-corrected chi connectivity index (χ1v) is 9.81. The van der Waals surface area contributed by atoms with Gasteiger partial charge in [-0.05, 0) is 25.1 Å². The molecular formula is C18H14F6N6O2S. The van der Waals surface area contributed by atoms with Gasteiger partial charge in [0.1, 0.15) is 11.2 Å². The molecule has 1 aromatic carbocycles. The molecule has 0 fully saturated rings. The Morgan fingerprint density at radius 1 is 1.00 bits per heavy atom. The van der Waals surface area contributed by atoms with Crippen LogP contribution in [0.3, 0.4) is 0 Å². The molecule has 2 aromatic heterocycles. The van der Waals surface area contributed by atoms with E-state index >= 15 is 0 Å². The predicted molar refractivity (Wildman–Crippen MR) is 103 cm³/mol. The molecule has 15 heteroatoms. The molecule has 176 valence electrons. The molecule has 3 rings (SSSR count). The molecule has 1 atom stereocenters. The van der Waals surface area contributed by atoms with Crippen molar-refractivity contribution in [2.24, 2.45) is 0 Å². The number of hydrogen-bond acceptors (Lipinski definition) is 6. The standard InChI is InChI=1S/C18H14F6N6O2S/c1-8(13-27-7-28-30(13)16-26-6-12(33-16)15(32)25-2)29-14(31)9-3-10(17(19,20)21)5-11(4-9)18(22,23)24/h3-8H,1-2H3,(H,25,32)(H,29,31)/t8-/m0/s1. The summed E-state index contributed by atoms with van der Waals surface area (Å²) in [6.45, 7) is 1.41. The summed E-state index contributed by atoms with van der Waals surface area (Å²) in [7, 11) is 1.43. The molecule has 0 bridgehead atoms. The number of hydrogen-bond donors (Lipinski definition) is 2. The molecule has 0 aliphatic heterocycles. The summed E-state index contributed by atoms with van der Waals surface area (Å²) < 4.78 is 79.5. The van der Waals surface area contributed by atoms with Crippen LogP contribution in [0, 0.1) is 0 Å². The molecule has 8 nitrogen and oxygen atoms in total. The summed E-state index contributed by atoms with van der Waals surface area (Å²) in [5.41, 5.74) is -4.04. The molecular weight excluding hydrogens is 478 g/mol. The van der Waals surface area contributed by atoms with Crippen molar-refractivity contribution in [3.05, 3.63) is 58.1 Å². The summed E-state index contributed by atoms with van der Waals surface area (Å²) in [6.07, 6.45) is -7.77. The second kappa shape index (κ2) is 8.80. The van der Waals surface area contributed by atoms with Crippen molar-refractivity contribution in [2.45, 2.75) is 25.3 Å². The third-order valence-electron chi connectivity index (χ3n) is 4.28. The topological polar surface area (TPSA) is 102 Å². The lowest BCUT2D eigenvalue weighted by atomic mass is 10.0. The van der Waals surface area contributed by atoms with Crippen molar-refractivity contribution in [1.29, 1.82) is 0 Å². The minimum Gasteiger partial charge on any atom is -0.354 e. The van der Waals surface area contributed by atoms with Crippen LogP contribution in [-0.4, -0.2) is 38.6 Å². The van der Waals surface area contributed by atoms with Crippen molar-refractivity contribution < 1.29 is 35.9 Å². The fourth-order valence-electron chi connectivity index (χ4n) is 2.71. The SMILES string of the molecule is CNC(=O)c1cnc(-n2ncnc2[C@H](C)NC(=O)c2cc(C(F)(F)F)cc(C(F)(F)F)c2)s1. The Morgan fingerprint density at radius 2 is 1.61 bits per heavy atom. The minimum atomic E-state index is -5.09. The maximum absolute atomic E-state index is 13.1. The van der Waals surface area contributed by atoms with Crippen LogP contribution in [0.4, 0.5) is 26.3 Å². The van der Waals surface area contributed by atoms with Crippen molar-refractivity contribution >= 4 is 23.2 Å². The highest BCUT2D eigenvalue weighted by Gasteiger charge is 2.37. The van der Waals surface area contributed by atoms with Crippen molar-refractivity contribution in [2.75, 3.05) is 7.05 Å². The Morgan fingerprint density at radius 3 is 2.15 bits per heavy atom. The van der Waals surface area contributed by atoms with Gasteiger partial charge in [-0.2, -0.15) is 36.1 Å². The minimum absolute atomic E-state index is 0.0661. The van der Waals surface area contributed by atoms with Gasteiger partial charge < -0.3 is 10.6 Å². The largest absolute Gasteiger partial charge is 0.416 e. The van der Waals surface area contributed by atoms with Crippen LogP contribution in [0.5, 0.6) is 0 Å². The molecule has 0 aliphatic rings. The van der Waals surface area contributed by atoms with E-state index < -0.39 is 46.9 Å². The number of rotatable bonds is 5. The van der Waals surface area contributed by atoms with Gasteiger partial charge >= 0.3 is 12.4 Å². The van der Waals surface area contributed by atoms with E-state index in [0.717, 1.165) is 17.7 Å². The third kappa shape index (κ3) is 5.30. The van der Waals surface area contributed by atoms with Crippen LogP contribution in [0.2, 0.25) is 0 Å². The molecule has 0 saturated carbocycles. The number of carbonyl (C=O) groups excluding carboxylic acids is 2. The molecule has 0 unspecified atom stereocenters. The summed E-state index contributed by atoms with van der Waals surface area (Å²) >= 11 is 0.954. The van der Waals surface area contributed by atoms with E-state index in [2.05, 4.69) is 25.7 Å². The van der Waals surface area contributed by atoms with Gasteiger partial charge in [-0.25, -0.2) is 9.97 Å². The Balaban J connectivity index is 1.89. The molecule has 33 heavy (non-hydrogen) atoms. The lowest BCUT2D eigenvalue weighted by Crippen LogP contribution is -2.29. The molecule has 2 N–H and O–H groups in total. The van der Waals surface area contributed by atoms with Crippen molar-refractivity contribution in [3.8, 4) is 5.13 Å². The first-order chi connectivity index (χ1) is 15.3. The van der Waals surface area contributed by atoms with Crippen LogP contribution >= 0.6 is 11.3 Å². The summed E-state index contributed by atoms with van der Waals surface area (Å²) in [5.74, 6) is -1.49. The van der Waals surface area contributed by atoms with Crippen molar-refractivity contribution in [1.82, 2.24) is 30.4 Å². The zero-order valence-corrected chi connectivity index (χ0v) is 17.6. The second-order valence-electron chi connectivity index (χ2n) is 6.61. The highest BCUT2D eigenvalue weighted by atomic mass is 32.1. The summed E-state index contributed by atoms with van der Waals surface area (Å²) in [6, 6.07) is -0.392. The maximum atomic E-state index is 13.1. The van der Waals surface area contributed by atoms with Crippen LogP contribution in [0.15, 0.2) is 30.7 Å². The molecule has 2 amide bonds. The predicted octanol–water partition coefficient (Wildman–Crippen LogP) is 3.61. The van der Waals surface area contributed by atoms with E-state index in [1.807, 2.05) is 0 Å². The second-order valence-corrected chi connectivity index (χ2v) is 7.62. The van der Waals surface area contributed by atoms with Gasteiger partial charge in [-0.1, -0.05) is 11.3 Å². The fourth-order valence-corrected chi connectivity index (χ4v) is 3.54. The molecule has 0 spiro atoms. The average molecular weight is 492 g/mol. The van der Waals surface area contributed by atoms with Crippen LogP contribution < -0.4 is 10.6 Å². The van der Waals surface area contributed by atoms with Crippen LogP contribution in [0.25, 0.3) is 5.13 Å². The number of nitrogens with zero attached hydrogens (tertiary/aromatic N) is 4. The molecule has 0 saturated heterocycles. The number of halogens is 6. The lowest BCUT2D eigenvalue weighted by Gasteiger charge is -2.16. The Labute approximate surface area is 185 Å². The molecule has 2 heterocycles. The van der Waals surface area contributed by atoms with Gasteiger partial charge in [0.2, 0.25) is 5.13 Å². The van der Waals surface area contributed by atoms with Gasteiger partial charge in [-0.15, -0.1) is 0 Å². The van der Waals surface area contributed by atoms with Gasteiger partial charge in [0.25, 0.3) is 11.8 Å². The first-order valence-electron chi connectivity index (χ1n) is 8.99. The summed E-state index contributed by atoms with van der Waals surface area (Å²) in [5, 5.41) is 8.89. The van der Waals surface area contributed by atoms with E-state index in [9.17, 15) is 35.9 Å². The number of nitrogens with one attached hydrogen (secondary N) is 2. The first kappa shape index (κ1) is 24.2. The quantitative estimate of drug-likeness (QED) is 0.530. The number of thiazole rings is 1. The van der Waals surface area contributed by atoms with Gasteiger partial charge in [-0.3, -0.25) is 9.59 Å². The zero-order chi connectivity index (χ0) is 24.6. The van der Waals surface area contributed by atoms with E-state index in [1.54, 1.807) is 0 Å². The Bertz CT molecular complexity index is 1150. The Hall–Kier alpha value is -3.49. The number of carbonyl (C=O) groups is 2. The summed E-state index contributed by atoms with van der Waals surface area (Å²) in [4.78, 5) is 32.5. The number of alkyl halides is 6. The van der Waals surface area contributed by atoms with Crippen LogP contribution in [-0.2, 0) is 12.4 Å². The Kier molecular flexibility index (Phi) is 6.44. The number of benzene rings is 1. The van der Waals surface area contributed by atoms with E-state index in [4.69, 9.17) is 0 Å². The monoisotopic (exact) mass is 492 g/mol. The highest BCUT2D eigenvalue weighted by molar-refractivity contribution is 7.16. The van der Waals surface area contributed by atoms with Gasteiger partial charge in [0.05, 0.1) is 23.4 Å². The molecule has 0 radical (unpaired) electrons. The zero-order valence-electron chi connectivity index (χ0n) is 16.7. The fraction of sp³-hybridized carbons (Fsp3) is 0.278. The van der Waals surface area contributed by atoms with E-state index in [-0.39, 0.29) is 21.9 Å². The maximum Gasteiger partial charge on any atom is 0.416 e. The highest BCUT2D eigenvalue weighted by Crippen LogP contribution is 2.36. The number of amides is 2. The van der Waals surface area contributed by atoms with E-state index in [1.165, 1.54) is 24.9 Å². The van der Waals surface area contributed by atoms with E-state index in [0.29, 0.717) is 12.1 Å². The molecule has 0 aliphatic carbocycles. The normalized spacial score (nSPS) is 13.0.